The van der Waals surface area contributed by atoms with E-state index in [9.17, 15) is 5.26 Å². The summed E-state index contributed by atoms with van der Waals surface area (Å²) < 4.78 is 6.69. The molecule has 0 spiro atoms. The van der Waals surface area contributed by atoms with E-state index in [-0.39, 0.29) is 0 Å². The molecule has 50 heavy (non-hydrogen) atoms. The van der Waals surface area contributed by atoms with Gasteiger partial charge in [0.2, 0.25) is 0 Å². The van der Waals surface area contributed by atoms with Crippen LogP contribution in [0.2, 0.25) is 0 Å². The second-order valence-corrected chi connectivity index (χ2v) is 12.6. The van der Waals surface area contributed by atoms with E-state index in [1.165, 1.54) is 38.2 Å². The minimum atomic E-state index is 0.700. The number of allylic oxidation sites excluding steroid dienone is 1. The van der Waals surface area contributed by atoms with Crippen LogP contribution < -0.4 is 0 Å². The highest BCUT2D eigenvalue weighted by atomic mass is 16.3. The molecule has 2 heteroatoms. The quantitative estimate of drug-likeness (QED) is 0.176. The number of hydrogen-bond donors (Lipinski definition) is 0. The number of hydrogen-bond acceptors (Lipinski definition) is 2. The summed E-state index contributed by atoms with van der Waals surface area (Å²) in [7, 11) is 0. The molecule has 0 unspecified atom stereocenters. The molecule has 0 aliphatic rings. The Morgan fingerprint density at radius 1 is 0.540 bits per heavy atom. The summed E-state index contributed by atoms with van der Waals surface area (Å²) in [6.07, 6.45) is 4.04. The standard InChI is InChI=1S/C48H31NO/c1-3-32(47-39-24-14-12-22-37(39)45(30-16-6-5-7-17-30)38-23-13-15-25-40(38)47)48-41-27-26-31(28-44(41)50-43(48)4-2)46-35-20-10-8-18-33(35)42(29-49)34-19-9-11-21-36(34)46/h3-28H,2H2,1H3/b32-3-. The highest BCUT2D eigenvalue weighted by Crippen LogP contribution is 2.47. The van der Waals surface area contributed by atoms with Crippen LogP contribution in [-0.2, 0) is 0 Å². The first kappa shape index (κ1) is 29.4. The van der Waals surface area contributed by atoms with Gasteiger partial charge in [-0.05, 0) is 90.8 Å². The smallest absolute Gasteiger partial charge is 0.136 e. The summed E-state index contributed by atoms with van der Waals surface area (Å²) in [5, 5.41) is 20.0. The fourth-order valence-electron chi connectivity index (χ4n) is 8.00. The fraction of sp³-hybridized carbons (Fsp3) is 0.0208. The fourth-order valence-corrected chi connectivity index (χ4v) is 8.00. The Hall–Kier alpha value is -6.69. The molecule has 0 bridgehead atoms. The molecule has 0 atom stereocenters. The normalized spacial score (nSPS) is 11.9. The largest absolute Gasteiger partial charge is 0.456 e. The highest BCUT2D eigenvalue weighted by molar-refractivity contribution is 6.22. The number of nitrogens with zero attached hydrogens (tertiary/aromatic N) is 1. The summed E-state index contributed by atoms with van der Waals surface area (Å²) >= 11 is 0. The van der Waals surface area contributed by atoms with Gasteiger partial charge in [0, 0.05) is 21.7 Å². The average molecular weight is 638 g/mol. The third kappa shape index (κ3) is 4.34. The lowest BCUT2D eigenvalue weighted by Crippen LogP contribution is -1.96. The molecule has 234 valence electrons. The van der Waals surface area contributed by atoms with Gasteiger partial charge in [-0.2, -0.15) is 5.26 Å². The van der Waals surface area contributed by atoms with Crippen molar-refractivity contribution in [1.29, 1.82) is 5.26 Å². The van der Waals surface area contributed by atoms with E-state index < -0.39 is 0 Å². The van der Waals surface area contributed by atoms with E-state index in [0.29, 0.717) is 5.56 Å². The number of benzene rings is 8. The molecule has 0 aliphatic carbocycles. The van der Waals surface area contributed by atoms with Gasteiger partial charge in [-0.1, -0.05) is 146 Å². The molecule has 0 saturated heterocycles. The Kier molecular flexibility index (Phi) is 6.93. The monoisotopic (exact) mass is 637 g/mol. The predicted molar refractivity (Wildman–Crippen MR) is 211 cm³/mol. The summed E-state index contributed by atoms with van der Waals surface area (Å²) in [5.74, 6) is 0.736. The van der Waals surface area contributed by atoms with E-state index in [4.69, 9.17) is 4.42 Å². The summed E-state index contributed by atoms with van der Waals surface area (Å²) in [5.41, 5.74) is 9.37. The lowest BCUT2D eigenvalue weighted by molar-refractivity contribution is 0.603. The molecule has 0 radical (unpaired) electrons. The van der Waals surface area contributed by atoms with Crippen molar-refractivity contribution >= 4 is 65.7 Å². The molecule has 1 heterocycles. The van der Waals surface area contributed by atoms with E-state index >= 15 is 0 Å². The van der Waals surface area contributed by atoms with Crippen molar-refractivity contribution in [2.45, 2.75) is 6.92 Å². The molecule has 0 aliphatic heterocycles. The molecule has 9 aromatic rings. The topological polar surface area (TPSA) is 36.9 Å². The predicted octanol–water partition coefficient (Wildman–Crippen LogP) is 13.3. The van der Waals surface area contributed by atoms with Gasteiger partial charge in [0.1, 0.15) is 17.4 Å². The zero-order valence-electron chi connectivity index (χ0n) is 27.6. The van der Waals surface area contributed by atoms with E-state index in [2.05, 4.69) is 135 Å². The summed E-state index contributed by atoms with van der Waals surface area (Å²) in [6.45, 7) is 6.32. The Labute approximate surface area is 290 Å². The van der Waals surface area contributed by atoms with Crippen molar-refractivity contribution in [1.82, 2.24) is 0 Å². The van der Waals surface area contributed by atoms with Crippen LogP contribution in [0.15, 0.2) is 163 Å². The zero-order valence-corrected chi connectivity index (χ0v) is 27.6. The van der Waals surface area contributed by atoms with Crippen molar-refractivity contribution in [2.75, 3.05) is 0 Å². The van der Waals surface area contributed by atoms with Gasteiger partial charge in [0.25, 0.3) is 0 Å². The van der Waals surface area contributed by atoms with Crippen LogP contribution in [0.3, 0.4) is 0 Å². The molecule has 0 fully saturated rings. The van der Waals surface area contributed by atoms with Gasteiger partial charge in [0.15, 0.2) is 0 Å². The van der Waals surface area contributed by atoms with Gasteiger partial charge < -0.3 is 4.42 Å². The molecule has 9 rings (SSSR count). The second-order valence-electron chi connectivity index (χ2n) is 12.6. The minimum absolute atomic E-state index is 0.700. The van der Waals surface area contributed by atoms with Crippen molar-refractivity contribution in [3.8, 4) is 28.3 Å². The van der Waals surface area contributed by atoms with Gasteiger partial charge in [0.05, 0.1) is 5.56 Å². The van der Waals surface area contributed by atoms with Crippen molar-refractivity contribution in [2.24, 2.45) is 0 Å². The SMILES string of the molecule is C=Cc1oc2cc(-c3c4ccccc4c(C#N)c4ccccc34)ccc2c1/C(=C\C)c1c2ccccc2c(-c2ccccc2)c2ccccc12. The maximum Gasteiger partial charge on any atom is 0.136 e. The highest BCUT2D eigenvalue weighted by Gasteiger charge is 2.24. The third-order valence-corrected chi connectivity index (χ3v) is 10.1. The number of nitriles is 1. The van der Waals surface area contributed by atoms with E-state index in [0.717, 1.165) is 60.5 Å². The number of furan rings is 1. The first-order chi connectivity index (χ1) is 24.7. The maximum atomic E-state index is 10.2. The first-order valence-electron chi connectivity index (χ1n) is 16.9. The Balaban J connectivity index is 1.32. The molecule has 2 nitrogen and oxygen atoms in total. The second kappa shape index (κ2) is 11.8. The van der Waals surface area contributed by atoms with Crippen LogP contribution in [0, 0.1) is 11.3 Å². The van der Waals surface area contributed by atoms with Crippen molar-refractivity contribution in [3.63, 3.8) is 0 Å². The molecule has 0 amide bonds. The van der Waals surface area contributed by atoms with Crippen LogP contribution in [0.4, 0.5) is 0 Å². The number of rotatable bonds is 5. The van der Waals surface area contributed by atoms with Crippen LogP contribution in [0.25, 0.3) is 88.0 Å². The Morgan fingerprint density at radius 3 is 1.54 bits per heavy atom. The van der Waals surface area contributed by atoms with Crippen molar-refractivity contribution in [3.05, 3.63) is 181 Å². The molecular weight excluding hydrogens is 607 g/mol. The third-order valence-electron chi connectivity index (χ3n) is 10.1. The van der Waals surface area contributed by atoms with E-state index in [1.807, 2.05) is 42.5 Å². The lowest BCUT2D eigenvalue weighted by atomic mass is 9.83. The summed E-state index contributed by atoms with van der Waals surface area (Å²) in [6, 6.07) is 53.5. The van der Waals surface area contributed by atoms with Gasteiger partial charge in [-0.3, -0.25) is 0 Å². The Bertz CT molecular complexity index is 2790. The molecule has 1 aromatic heterocycles. The minimum Gasteiger partial charge on any atom is -0.456 e. The van der Waals surface area contributed by atoms with Gasteiger partial charge in [-0.15, -0.1) is 0 Å². The molecule has 0 saturated carbocycles. The lowest BCUT2D eigenvalue weighted by Gasteiger charge is -2.19. The zero-order chi connectivity index (χ0) is 33.8. The Morgan fingerprint density at radius 2 is 1.02 bits per heavy atom. The molecule has 0 N–H and O–H groups in total. The van der Waals surface area contributed by atoms with Crippen LogP contribution in [0.1, 0.15) is 29.4 Å². The number of fused-ring (bicyclic) bond motifs is 5. The van der Waals surface area contributed by atoms with E-state index in [1.54, 1.807) is 0 Å². The van der Waals surface area contributed by atoms with Crippen LogP contribution in [0.5, 0.6) is 0 Å². The summed E-state index contributed by atoms with van der Waals surface area (Å²) in [4.78, 5) is 0. The van der Waals surface area contributed by atoms with Gasteiger partial charge >= 0.3 is 0 Å². The molecule has 8 aromatic carbocycles. The maximum absolute atomic E-state index is 10.2. The van der Waals surface area contributed by atoms with Crippen LogP contribution in [-0.4, -0.2) is 0 Å². The molecular formula is C48H31NO. The van der Waals surface area contributed by atoms with Gasteiger partial charge in [-0.25, -0.2) is 0 Å². The van der Waals surface area contributed by atoms with Crippen molar-refractivity contribution < 1.29 is 4.42 Å². The van der Waals surface area contributed by atoms with Crippen LogP contribution >= 0.6 is 0 Å². The average Bonchev–Trinajstić information content (AvgIpc) is 3.55. The first-order valence-corrected chi connectivity index (χ1v) is 16.9.